The smallest absolute Gasteiger partial charge is 0.283 e. The summed E-state index contributed by atoms with van der Waals surface area (Å²) >= 11 is 6.09. The van der Waals surface area contributed by atoms with Gasteiger partial charge in [0.1, 0.15) is 41.6 Å². The number of ether oxygens (including phenoxy) is 2. The van der Waals surface area contributed by atoms with Gasteiger partial charge in [-0.25, -0.2) is 18.8 Å². The molecule has 0 saturated heterocycles. The molecule has 160 valence electrons. The number of benzene rings is 1. The summed E-state index contributed by atoms with van der Waals surface area (Å²) in [4.78, 5) is 21.0. The molecular formula is C21H17ClF2N4O3. The van der Waals surface area contributed by atoms with Crippen LogP contribution in [0.25, 0.3) is 0 Å². The van der Waals surface area contributed by atoms with Crippen LogP contribution in [0.15, 0.2) is 29.4 Å². The van der Waals surface area contributed by atoms with E-state index < -0.39 is 23.8 Å². The lowest BCUT2D eigenvalue weighted by atomic mass is 9.84. The highest BCUT2D eigenvalue weighted by Gasteiger charge is 2.60. The predicted octanol–water partition coefficient (Wildman–Crippen LogP) is 3.08. The number of hydrogen-bond acceptors (Lipinski definition) is 7. The third kappa shape index (κ3) is 3.57. The number of methoxy groups -OCH3 is 1. The molecule has 1 fully saturated rings. The van der Waals surface area contributed by atoms with Crippen molar-refractivity contribution in [3.63, 3.8) is 0 Å². The number of carbonyl (C=O) groups excluding carboxylic acids is 1. The van der Waals surface area contributed by atoms with Gasteiger partial charge in [0.05, 0.1) is 17.7 Å². The number of Topliss-reactive ketones (excluding diaryl/α,β-unsaturated/α-hetero) is 1. The van der Waals surface area contributed by atoms with Gasteiger partial charge in [-0.1, -0.05) is 11.6 Å². The molecule has 1 aliphatic carbocycles. The fourth-order valence-electron chi connectivity index (χ4n) is 3.93. The SMILES string of the molecule is COc1cc(C#N)cnc1C(=O)Cc1cc(Cl)c(F)c([C@@]2(CF)N=C(N)O[C@@H]3C[C@@H]32)c1. The number of ketones is 1. The fourth-order valence-corrected chi connectivity index (χ4v) is 4.17. The van der Waals surface area contributed by atoms with Crippen molar-refractivity contribution >= 4 is 23.4 Å². The molecule has 0 amide bonds. The molecule has 2 N–H and O–H groups in total. The first-order chi connectivity index (χ1) is 14.8. The minimum atomic E-state index is -1.55. The molecule has 0 bridgehead atoms. The minimum absolute atomic E-state index is 0.0132. The molecule has 10 heteroatoms. The number of aromatic nitrogens is 1. The highest BCUT2D eigenvalue weighted by Crippen LogP contribution is 2.54. The summed E-state index contributed by atoms with van der Waals surface area (Å²) in [6, 6.07) is 5.79. The number of hydrogen-bond donors (Lipinski definition) is 1. The Labute approximate surface area is 181 Å². The number of nitrogens with zero attached hydrogens (tertiary/aromatic N) is 3. The summed E-state index contributed by atoms with van der Waals surface area (Å²) in [5, 5.41) is 8.73. The monoisotopic (exact) mass is 446 g/mol. The van der Waals surface area contributed by atoms with E-state index in [-0.39, 0.29) is 52.1 Å². The molecule has 1 aliphatic heterocycles. The lowest BCUT2D eigenvalue weighted by molar-refractivity contribution is 0.0984. The third-order valence-electron chi connectivity index (χ3n) is 5.52. The second kappa shape index (κ2) is 7.78. The van der Waals surface area contributed by atoms with E-state index in [1.165, 1.54) is 31.5 Å². The second-order valence-corrected chi connectivity index (χ2v) is 7.84. The van der Waals surface area contributed by atoms with Crippen LogP contribution < -0.4 is 10.5 Å². The minimum Gasteiger partial charge on any atom is -0.494 e. The van der Waals surface area contributed by atoms with E-state index >= 15 is 0 Å². The zero-order valence-electron chi connectivity index (χ0n) is 16.4. The molecular weight excluding hydrogens is 430 g/mol. The number of amidine groups is 1. The molecule has 1 aromatic carbocycles. The molecule has 1 saturated carbocycles. The predicted molar refractivity (Wildman–Crippen MR) is 107 cm³/mol. The van der Waals surface area contributed by atoms with E-state index in [2.05, 4.69) is 9.98 Å². The van der Waals surface area contributed by atoms with E-state index in [0.29, 0.717) is 12.0 Å². The Morgan fingerprint density at radius 1 is 1.48 bits per heavy atom. The first-order valence-corrected chi connectivity index (χ1v) is 9.74. The molecule has 2 aromatic rings. The number of carbonyl (C=O) groups is 1. The number of rotatable bonds is 6. The molecule has 0 unspecified atom stereocenters. The maximum Gasteiger partial charge on any atom is 0.283 e. The lowest BCUT2D eigenvalue weighted by Gasteiger charge is -2.32. The Morgan fingerprint density at radius 2 is 2.26 bits per heavy atom. The molecule has 1 aromatic heterocycles. The maximum absolute atomic E-state index is 15.0. The van der Waals surface area contributed by atoms with Crippen molar-refractivity contribution in [2.24, 2.45) is 16.6 Å². The van der Waals surface area contributed by atoms with Crippen LogP contribution in [0, 0.1) is 23.1 Å². The van der Waals surface area contributed by atoms with Crippen molar-refractivity contribution in [3.05, 3.63) is 57.6 Å². The number of aliphatic imine (C=N–C) groups is 1. The number of fused-ring (bicyclic) bond motifs is 1. The number of alkyl halides is 1. The van der Waals surface area contributed by atoms with Crippen LogP contribution in [0.2, 0.25) is 5.02 Å². The molecule has 31 heavy (non-hydrogen) atoms. The van der Waals surface area contributed by atoms with E-state index in [1.807, 2.05) is 6.07 Å². The van der Waals surface area contributed by atoms with Gasteiger partial charge in [-0.2, -0.15) is 5.26 Å². The van der Waals surface area contributed by atoms with Crippen LogP contribution in [0.3, 0.4) is 0 Å². The summed E-state index contributed by atoms with van der Waals surface area (Å²) in [6.07, 6.45) is 1.21. The summed E-state index contributed by atoms with van der Waals surface area (Å²) in [5.74, 6) is -1.49. The zero-order chi connectivity index (χ0) is 22.3. The van der Waals surface area contributed by atoms with Gasteiger partial charge in [-0.05, 0) is 24.1 Å². The Kier molecular flexibility index (Phi) is 5.27. The second-order valence-electron chi connectivity index (χ2n) is 7.43. The average molecular weight is 447 g/mol. The number of nitriles is 1. The van der Waals surface area contributed by atoms with Gasteiger partial charge in [0, 0.05) is 30.2 Å². The van der Waals surface area contributed by atoms with Crippen LogP contribution in [0.1, 0.15) is 33.6 Å². The summed E-state index contributed by atoms with van der Waals surface area (Å²) < 4.78 is 39.7. The number of halogens is 3. The van der Waals surface area contributed by atoms with Crippen LogP contribution in [-0.2, 0) is 16.7 Å². The maximum atomic E-state index is 15.0. The normalized spacial score (nSPS) is 23.8. The van der Waals surface area contributed by atoms with Crippen molar-refractivity contribution < 1.29 is 23.0 Å². The van der Waals surface area contributed by atoms with E-state index in [0.717, 1.165) is 0 Å². The third-order valence-corrected chi connectivity index (χ3v) is 5.79. The van der Waals surface area contributed by atoms with E-state index in [4.69, 9.17) is 32.1 Å². The zero-order valence-corrected chi connectivity index (χ0v) is 17.1. The standard InChI is InChI=1S/C21H17ClF2N4O3/c1-30-17-5-11(7-25)8-27-19(17)15(29)4-10-2-13(18(24)14(22)3-10)21(9-23)12-6-16(12)31-20(26)28-21/h2-3,5,8,12,16H,4,6,9H2,1H3,(H2,26,28)/t12-,16+,21-/m0/s1. The number of nitrogens with two attached hydrogens (primary N) is 1. The summed E-state index contributed by atoms with van der Waals surface area (Å²) in [7, 11) is 1.35. The van der Waals surface area contributed by atoms with Crippen molar-refractivity contribution in [2.45, 2.75) is 24.5 Å². The Balaban J connectivity index is 1.72. The van der Waals surface area contributed by atoms with Crippen molar-refractivity contribution in [1.82, 2.24) is 4.98 Å². The molecule has 2 heterocycles. The molecule has 0 spiro atoms. The molecule has 7 nitrogen and oxygen atoms in total. The highest BCUT2D eigenvalue weighted by molar-refractivity contribution is 6.31. The molecule has 3 atom stereocenters. The Morgan fingerprint density at radius 3 is 2.94 bits per heavy atom. The van der Waals surface area contributed by atoms with Crippen LogP contribution >= 0.6 is 11.6 Å². The Bertz CT molecular complexity index is 1150. The van der Waals surface area contributed by atoms with Gasteiger partial charge in [-0.3, -0.25) is 4.79 Å². The molecule has 0 radical (unpaired) electrons. The van der Waals surface area contributed by atoms with Gasteiger partial charge in [0.2, 0.25) is 0 Å². The summed E-state index contributed by atoms with van der Waals surface area (Å²) in [6.45, 7) is -0.992. The van der Waals surface area contributed by atoms with Gasteiger partial charge in [-0.15, -0.1) is 0 Å². The quantitative estimate of drug-likeness (QED) is 0.683. The van der Waals surface area contributed by atoms with Gasteiger partial charge < -0.3 is 15.2 Å². The van der Waals surface area contributed by atoms with E-state index in [9.17, 15) is 13.6 Å². The number of pyridine rings is 1. The van der Waals surface area contributed by atoms with Crippen molar-refractivity contribution in [1.29, 1.82) is 5.26 Å². The topological polar surface area (TPSA) is 111 Å². The average Bonchev–Trinajstić information content (AvgIpc) is 3.54. The highest BCUT2D eigenvalue weighted by atomic mass is 35.5. The summed E-state index contributed by atoms with van der Waals surface area (Å²) in [5.41, 5.74) is 4.67. The van der Waals surface area contributed by atoms with Crippen molar-refractivity contribution in [2.75, 3.05) is 13.8 Å². The van der Waals surface area contributed by atoms with Gasteiger partial charge >= 0.3 is 0 Å². The Hall–Kier alpha value is -3.25. The van der Waals surface area contributed by atoms with Gasteiger partial charge in [0.25, 0.3) is 6.02 Å². The molecule has 2 aliphatic rings. The van der Waals surface area contributed by atoms with Crippen molar-refractivity contribution in [3.8, 4) is 11.8 Å². The fraction of sp³-hybridized carbons (Fsp3) is 0.333. The lowest BCUT2D eigenvalue weighted by Crippen LogP contribution is -2.40. The van der Waals surface area contributed by atoms with Crippen LogP contribution in [0.5, 0.6) is 5.75 Å². The van der Waals surface area contributed by atoms with Crippen LogP contribution in [-0.4, -0.2) is 36.7 Å². The van der Waals surface area contributed by atoms with E-state index in [1.54, 1.807) is 0 Å². The molecule has 4 rings (SSSR count). The largest absolute Gasteiger partial charge is 0.494 e. The van der Waals surface area contributed by atoms with Crippen LogP contribution in [0.4, 0.5) is 8.78 Å². The first-order valence-electron chi connectivity index (χ1n) is 9.36. The first kappa shape index (κ1) is 21.0. The van der Waals surface area contributed by atoms with Gasteiger partial charge in [0.15, 0.2) is 5.78 Å².